The standard InChI is InChI=1S/C20H24N2O/c1-14-9-10-19-17(12-14)7-5-11-22(19)13-20(23)21-18-8-4-6-15(2)16(18)3/h4,6,8-10,12H,5,7,11,13H2,1-3H3,(H,21,23). The summed E-state index contributed by atoms with van der Waals surface area (Å²) in [6, 6.07) is 12.5. The lowest BCUT2D eigenvalue weighted by atomic mass is 9.99. The monoisotopic (exact) mass is 308 g/mol. The SMILES string of the molecule is Cc1ccc2c(c1)CCCN2CC(=O)Nc1cccc(C)c1C. The van der Waals surface area contributed by atoms with Crippen molar-refractivity contribution >= 4 is 17.3 Å². The Morgan fingerprint density at radius 1 is 1.17 bits per heavy atom. The smallest absolute Gasteiger partial charge is 0.243 e. The summed E-state index contributed by atoms with van der Waals surface area (Å²) in [5, 5.41) is 3.06. The minimum absolute atomic E-state index is 0.0483. The number of fused-ring (bicyclic) bond motifs is 1. The first kappa shape index (κ1) is 15.6. The van der Waals surface area contributed by atoms with Crippen LogP contribution in [0.1, 0.15) is 28.7 Å². The summed E-state index contributed by atoms with van der Waals surface area (Å²) >= 11 is 0. The molecule has 1 aliphatic heterocycles. The van der Waals surface area contributed by atoms with Crippen molar-refractivity contribution in [2.24, 2.45) is 0 Å². The average molecular weight is 308 g/mol. The van der Waals surface area contributed by atoms with Gasteiger partial charge in [0.25, 0.3) is 0 Å². The van der Waals surface area contributed by atoms with Gasteiger partial charge in [-0.05, 0) is 62.4 Å². The molecule has 0 radical (unpaired) electrons. The normalized spacial score (nSPS) is 13.6. The van der Waals surface area contributed by atoms with Crippen molar-refractivity contribution in [2.75, 3.05) is 23.3 Å². The lowest BCUT2D eigenvalue weighted by molar-refractivity contribution is -0.115. The highest BCUT2D eigenvalue weighted by Gasteiger charge is 2.19. The molecule has 0 bridgehead atoms. The van der Waals surface area contributed by atoms with Gasteiger partial charge in [0.15, 0.2) is 0 Å². The molecule has 1 amide bonds. The number of carbonyl (C=O) groups is 1. The molecule has 0 saturated heterocycles. The molecule has 23 heavy (non-hydrogen) atoms. The van der Waals surface area contributed by atoms with Gasteiger partial charge >= 0.3 is 0 Å². The highest BCUT2D eigenvalue weighted by atomic mass is 16.2. The van der Waals surface area contributed by atoms with E-state index in [9.17, 15) is 4.79 Å². The molecule has 0 fully saturated rings. The van der Waals surface area contributed by atoms with Gasteiger partial charge in [-0.25, -0.2) is 0 Å². The van der Waals surface area contributed by atoms with E-state index in [4.69, 9.17) is 0 Å². The predicted molar refractivity (Wildman–Crippen MR) is 96.3 cm³/mol. The van der Waals surface area contributed by atoms with Gasteiger partial charge in [-0.1, -0.05) is 29.8 Å². The van der Waals surface area contributed by atoms with Gasteiger partial charge in [-0.2, -0.15) is 0 Å². The van der Waals surface area contributed by atoms with Gasteiger partial charge in [-0.15, -0.1) is 0 Å². The Morgan fingerprint density at radius 2 is 2.00 bits per heavy atom. The van der Waals surface area contributed by atoms with Crippen LogP contribution >= 0.6 is 0 Å². The van der Waals surface area contributed by atoms with E-state index in [-0.39, 0.29) is 5.91 Å². The summed E-state index contributed by atoms with van der Waals surface area (Å²) in [7, 11) is 0. The summed E-state index contributed by atoms with van der Waals surface area (Å²) < 4.78 is 0. The van der Waals surface area contributed by atoms with Gasteiger partial charge in [0.1, 0.15) is 0 Å². The number of nitrogens with one attached hydrogen (secondary N) is 1. The zero-order chi connectivity index (χ0) is 16.4. The number of nitrogens with zero attached hydrogens (tertiary/aromatic N) is 1. The summed E-state index contributed by atoms with van der Waals surface area (Å²) in [6.07, 6.45) is 2.21. The minimum atomic E-state index is 0.0483. The number of anilines is 2. The van der Waals surface area contributed by atoms with Crippen molar-refractivity contribution in [3.8, 4) is 0 Å². The summed E-state index contributed by atoms with van der Waals surface area (Å²) in [4.78, 5) is 14.7. The number of hydrogen-bond donors (Lipinski definition) is 1. The number of hydrogen-bond acceptors (Lipinski definition) is 2. The van der Waals surface area contributed by atoms with Gasteiger partial charge < -0.3 is 10.2 Å². The summed E-state index contributed by atoms with van der Waals surface area (Å²) in [6.45, 7) is 7.57. The molecule has 1 N–H and O–H groups in total. The molecular formula is C20H24N2O. The second-order valence-corrected chi connectivity index (χ2v) is 6.45. The molecule has 3 nitrogen and oxygen atoms in total. The molecule has 1 heterocycles. The molecule has 0 saturated carbocycles. The molecule has 1 aliphatic rings. The van der Waals surface area contributed by atoms with Crippen molar-refractivity contribution in [1.82, 2.24) is 0 Å². The highest BCUT2D eigenvalue weighted by molar-refractivity contribution is 5.95. The van der Waals surface area contributed by atoms with E-state index in [2.05, 4.69) is 48.3 Å². The Hall–Kier alpha value is -2.29. The zero-order valence-corrected chi connectivity index (χ0v) is 14.1. The maximum Gasteiger partial charge on any atom is 0.243 e. The van der Waals surface area contributed by atoms with E-state index in [1.165, 1.54) is 22.4 Å². The van der Waals surface area contributed by atoms with Gasteiger partial charge in [0.2, 0.25) is 5.91 Å². The summed E-state index contributed by atoms with van der Waals surface area (Å²) in [5.74, 6) is 0.0483. The number of carbonyl (C=O) groups excluding carboxylic acids is 1. The van der Waals surface area contributed by atoms with Gasteiger partial charge in [0.05, 0.1) is 6.54 Å². The topological polar surface area (TPSA) is 32.3 Å². The Labute approximate surface area is 138 Å². The fraction of sp³-hybridized carbons (Fsp3) is 0.350. The lowest BCUT2D eigenvalue weighted by Gasteiger charge is -2.31. The molecular weight excluding hydrogens is 284 g/mol. The van der Waals surface area contributed by atoms with E-state index in [1.807, 2.05) is 19.1 Å². The van der Waals surface area contributed by atoms with E-state index in [1.54, 1.807) is 0 Å². The third kappa shape index (κ3) is 3.39. The minimum Gasteiger partial charge on any atom is -0.362 e. The second kappa shape index (κ2) is 6.45. The van der Waals surface area contributed by atoms with Crippen LogP contribution in [0.4, 0.5) is 11.4 Å². The molecule has 3 heteroatoms. The molecule has 0 spiro atoms. The molecule has 3 rings (SSSR count). The third-order valence-electron chi connectivity index (χ3n) is 4.66. The van der Waals surface area contributed by atoms with Crippen LogP contribution < -0.4 is 10.2 Å². The fourth-order valence-corrected chi connectivity index (χ4v) is 3.22. The Bertz CT molecular complexity index is 736. The molecule has 2 aromatic carbocycles. The van der Waals surface area contributed by atoms with Gasteiger partial charge in [-0.3, -0.25) is 4.79 Å². The van der Waals surface area contributed by atoms with Crippen molar-refractivity contribution < 1.29 is 4.79 Å². The summed E-state index contributed by atoms with van der Waals surface area (Å²) in [5.41, 5.74) is 7.09. The van der Waals surface area contributed by atoms with E-state index < -0.39 is 0 Å². The molecule has 2 aromatic rings. The van der Waals surface area contributed by atoms with Crippen molar-refractivity contribution in [1.29, 1.82) is 0 Å². The molecule has 0 aromatic heterocycles. The first-order valence-electron chi connectivity index (χ1n) is 8.25. The first-order valence-corrected chi connectivity index (χ1v) is 8.25. The molecule has 0 unspecified atom stereocenters. The van der Waals surface area contributed by atoms with E-state index >= 15 is 0 Å². The van der Waals surface area contributed by atoms with Crippen molar-refractivity contribution in [3.05, 3.63) is 58.7 Å². The number of rotatable bonds is 3. The van der Waals surface area contributed by atoms with Crippen LogP contribution in [0.15, 0.2) is 36.4 Å². The fourth-order valence-electron chi connectivity index (χ4n) is 3.22. The number of benzene rings is 2. The maximum atomic E-state index is 12.5. The Balaban J connectivity index is 1.73. The largest absolute Gasteiger partial charge is 0.362 e. The zero-order valence-electron chi connectivity index (χ0n) is 14.1. The molecule has 0 aliphatic carbocycles. The van der Waals surface area contributed by atoms with E-state index in [0.29, 0.717) is 6.54 Å². The van der Waals surface area contributed by atoms with Gasteiger partial charge in [0, 0.05) is 17.9 Å². The number of amides is 1. The van der Waals surface area contributed by atoms with Crippen LogP contribution in [0, 0.1) is 20.8 Å². The Kier molecular flexibility index (Phi) is 4.37. The number of aryl methyl sites for hydroxylation is 3. The van der Waals surface area contributed by atoms with Crippen LogP contribution in [-0.2, 0) is 11.2 Å². The van der Waals surface area contributed by atoms with Crippen LogP contribution in [0.25, 0.3) is 0 Å². The third-order valence-corrected chi connectivity index (χ3v) is 4.66. The van der Waals surface area contributed by atoms with Crippen molar-refractivity contribution in [3.63, 3.8) is 0 Å². The average Bonchev–Trinajstić information content (AvgIpc) is 2.52. The Morgan fingerprint density at radius 3 is 2.83 bits per heavy atom. The maximum absolute atomic E-state index is 12.5. The lowest BCUT2D eigenvalue weighted by Crippen LogP contribution is -2.36. The highest BCUT2D eigenvalue weighted by Crippen LogP contribution is 2.28. The molecule has 120 valence electrons. The first-order chi connectivity index (χ1) is 11.0. The van der Waals surface area contributed by atoms with Crippen LogP contribution in [0.3, 0.4) is 0 Å². The van der Waals surface area contributed by atoms with Crippen LogP contribution in [0.2, 0.25) is 0 Å². The van der Waals surface area contributed by atoms with E-state index in [0.717, 1.165) is 30.6 Å². The molecule has 0 atom stereocenters. The van der Waals surface area contributed by atoms with Crippen molar-refractivity contribution in [2.45, 2.75) is 33.6 Å². The van der Waals surface area contributed by atoms with Crippen LogP contribution in [-0.4, -0.2) is 19.0 Å². The quantitative estimate of drug-likeness (QED) is 0.929. The predicted octanol–water partition coefficient (Wildman–Crippen LogP) is 4.00. The van der Waals surface area contributed by atoms with Crippen LogP contribution in [0.5, 0.6) is 0 Å². The second-order valence-electron chi connectivity index (χ2n) is 6.45.